The molecule has 16 heavy (non-hydrogen) atoms. The largest absolute Gasteiger partial charge is 0.326 e. The Morgan fingerprint density at radius 2 is 2.12 bits per heavy atom. The van der Waals surface area contributed by atoms with Gasteiger partial charge in [-0.25, -0.2) is 0 Å². The lowest BCUT2D eigenvalue weighted by molar-refractivity contribution is 0.664. The maximum atomic E-state index is 11.8. The first-order chi connectivity index (χ1) is 7.52. The molecule has 0 amide bonds. The van der Waals surface area contributed by atoms with Gasteiger partial charge in [-0.3, -0.25) is 4.21 Å². The van der Waals surface area contributed by atoms with Gasteiger partial charge in [-0.15, -0.1) is 0 Å². The van der Waals surface area contributed by atoms with Gasteiger partial charge < -0.3 is 5.73 Å². The molecule has 1 aromatic rings. The van der Waals surface area contributed by atoms with Crippen LogP contribution in [0.4, 0.5) is 0 Å². The van der Waals surface area contributed by atoms with Crippen molar-refractivity contribution < 1.29 is 4.21 Å². The fourth-order valence-electron chi connectivity index (χ4n) is 1.44. The molecule has 0 heterocycles. The molecule has 1 rings (SSSR count). The summed E-state index contributed by atoms with van der Waals surface area (Å²) >= 11 is 6.10. The minimum Gasteiger partial charge on any atom is -0.326 e. The van der Waals surface area contributed by atoms with Crippen molar-refractivity contribution in [1.82, 2.24) is 0 Å². The highest BCUT2D eigenvalue weighted by molar-refractivity contribution is 7.84. The van der Waals surface area contributed by atoms with Crippen molar-refractivity contribution in [2.24, 2.45) is 11.7 Å². The van der Waals surface area contributed by atoms with Gasteiger partial charge in [-0.2, -0.15) is 0 Å². The van der Waals surface area contributed by atoms with E-state index < -0.39 is 10.8 Å². The quantitative estimate of drug-likeness (QED) is 0.884. The van der Waals surface area contributed by atoms with Gasteiger partial charge in [-0.05, 0) is 23.1 Å². The number of hydrogen-bond acceptors (Lipinski definition) is 2. The van der Waals surface area contributed by atoms with Gasteiger partial charge in [0.15, 0.2) is 0 Å². The van der Waals surface area contributed by atoms with E-state index in [0.29, 0.717) is 23.2 Å². The number of benzene rings is 1. The molecule has 0 radical (unpaired) electrons. The van der Waals surface area contributed by atoms with E-state index >= 15 is 0 Å². The predicted molar refractivity (Wildman–Crippen MR) is 70.9 cm³/mol. The minimum absolute atomic E-state index is 0.447. The third kappa shape index (κ3) is 4.24. The highest BCUT2D eigenvalue weighted by atomic mass is 35.5. The van der Waals surface area contributed by atoms with Crippen molar-refractivity contribution in [3.63, 3.8) is 0 Å². The van der Waals surface area contributed by atoms with Gasteiger partial charge in [0.1, 0.15) is 0 Å². The maximum Gasteiger partial charge on any atom is 0.0500 e. The lowest BCUT2D eigenvalue weighted by Gasteiger charge is -2.08. The predicted octanol–water partition coefficient (Wildman–Crippen LogP) is 2.70. The topological polar surface area (TPSA) is 43.1 Å². The van der Waals surface area contributed by atoms with E-state index in [1.165, 1.54) is 0 Å². The van der Waals surface area contributed by atoms with E-state index in [1.807, 2.05) is 18.2 Å². The van der Waals surface area contributed by atoms with E-state index in [1.54, 1.807) is 0 Å². The fraction of sp³-hybridized carbons (Fsp3) is 0.500. The Balaban J connectivity index is 2.70. The molecule has 0 saturated carbocycles. The Labute approximate surface area is 105 Å². The zero-order valence-corrected chi connectivity index (χ0v) is 11.3. The van der Waals surface area contributed by atoms with Crippen LogP contribution in [0.2, 0.25) is 5.02 Å². The van der Waals surface area contributed by atoms with Crippen LogP contribution in [0.3, 0.4) is 0 Å². The summed E-state index contributed by atoms with van der Waals surface area (Å²) in [4.78, 5) is 0. The van der Waals surface area contributed by atoms with Crippen molar-refractivity contribution in [2.75, 3.05) is 5.75 Å². The molecule has 2 nitrogen and oxygen atoms in total. The summed E-state index contributed by atoms with van der Waals surface area (Å²) in [5, 5.41) is 0.667. The van der Waals surface area contributed by atoms with Crippen LogP contribution >= 0.6 is 11.6 Å². The summed E-state index contributed by atoms with van der Waals surface area (Å²) in [6, 6.07) is 5.71. The minimum atomic E-state index is -0.836. The van der Waals surface area contributed by atoms with Crippen molar-refractivity contribution in [1.29, 1.82) is 0 Å². The first kappa shape index (κ1) is 13.7. The van der Waals surface area contributed by atoms with Crippen molar-refractivity contribution in [2.45, 2.75) is 26.1 Å². The van der Waals surface area contributed by atoms with Gasteiger partial charge in [0.05, 0.1) is 0 Å². The lowest BCUT2D eigenvalue weighted by atomic mass is 10.1. The molecule has 1 atom stereocenters. The molecule has 0 aliphatic carbocycles. The highest BCUT2D eigenvalue weighted by Gasteiger charge is 2.08. The van der Waals surface area contributed by atoms with Crippen LogP contribution in [0.5, 0.6) is 0 Å². The zero-order chi connectivity index (χ0) is 12.1. The van der Waals surface area contributed by atoms with Crippen LogP contribution in [-0.4, -0.2) is 9.96 Å². The van der Waals surface area contributed by atoms with E-state index in [2.05, 4.69) is 13.8 Å². The molecule has 0 spiro atoms. The van der Waals surface area contributed by atoms with Crippen molar-refractivity contribution in [3.8, 4) is 0 Å². The molecule has 0 aliphatic rings. The second kappa shape index (κ2) is 6.38. The van der Waals surface area contributed by atoms with Crippen molar-refractivity contribution >= 4 is 22.4 Å². The maximum absolute atomic E-state index is 11.8. The molecule has 1 unspecified atom stereocenters. The van der Waals surface area contributed by atoms with Crippen LogP contribution in [0.15, 0.2) is 18.2 Å². The normalized spacial score (nSPS) is 13.1. The van der Waals surface area contributed by atoms with Crippen LogP contribution in [0.1, 0.15) is 25.0 Å². The summed E-state index contributed by atoms with van der Waals surface area (Å²) in [5.41, 5.74) is 7.46. The average molecular weight is 260 g/mol. The number of hydrogen-bond donors (Lipinski definition) is 1. The van der Waals surface area contributed by atoms with Gasteiger partial charge in [0.2, 0.25) is 0 Å². The van der Waals surface area contributed by atoms with E-state index in [0.717, 1.165) is 16.9 Å². The molecule has 1 aromatic carbocycles. The third-order valence-electron chi connectivity index (χ3n) is 2.19. The number of nitrogens with two attached hydrogens (primary N) is 1. The Morgan fingerprint density at radius 3 is 2.62 bits per heavy atom. The smallest absolute Gasteiger partial charge is 0.0500 e. The molecule has 0 aliphatic heterocycles. The molecule has 4 heteroatoms. The molecule has 0 bridgehead atoms. The Bertz CT molecular complexity index is 379. The molecule has 2 N–H and O–H groups in total. The first-order valence-electron chi connectivity index (χ1n) is 5.35. The molecule has 0 saturated heterocycles. The average Bonchev–Trinajstić information content (AvgIpc) is 2.19. The van der Waals surface area contributed by atoms with Gasteiger partial charge in [0, 0.05) is 33.9 Å². The molecular weight excluding hydrogens is 242 g/mol. The fourth-order valence-corrected chi connectivity index (χ4v) is 3.25. The Kier molecular flexibility index (Phi) is 5.46. The number of halogens is 1. The summed E-state index contributed by atoms with van der Waals surface area (Å²) in [6.07, 6.45) is 0. The molecular formula is C12H18ClNOS. The second-order valence-corrected chi connectivity index (χ2v) is 6.18. The molecule has 90 valence electrons. The summed E-state index contributed by atoms with van der Waals surface area (Å²) in [5.74, 6) is 1.69. The second-order valence-electron chi connectivity index (χ2n) is 4.27. The summed E-state index contributed by atoms with van der Waals surface area (Å²) in [6.45, 7) is 4.61. The van der Waals surface area contributed by atoms with Gasteiger partial charge in [0.25, 0.3) is 0 Å². The first-order valence-corrected chi connectivity index (χ1v) is 7.22. The van der Waals surface area contributed by atoms with E-state index in [4.69, 9.17) is 17.3 Å². The zero-order valence-electron chi connectivity index (χ0n) is 9.70. The summed E-state index contributed by atoms with van der Waals surface area (Å²) < 4.78 is 11.8. The van der Waals surface area contributed by atoms with Gasteiger partial charge >= 0.3 is 0 Å². The lowest BCUT2D eigenvalue weighted by Crippen LogP contribution is -2.07. The highest BCUT2D eigenvalue weighted by Crippen LogP contribution is 2.19. The Morgan fingerprint density at radius 1 is 1.44 bits per heavy atom. The van der Waals surface area contributed by atoms with Crippen LogP contribution in [0.25, 0.3) is 0 Å². The van der Waals surface area contributed by atoms with Crippen LogP contribution in [0, 0.1) is 5.92 Å². The van der Waals surface area contributed by atoms with E-state index in [9.17, 15) is 4.21 Å². The van der Waals surface area contributed by atoms with Crippen molar-refractivity contribution in [3.05, 3.63) is 34.3 Å². The Hall–Kier alpha value is -0.380. The number of rotatable bonds is 5. The molecule has 0 aromatic heterocycles. The van der Waals surface area contributed by atoms with Crippen LogP contribution in [-0.2, 0) is 23.1 Å². The summed E-state index contributed by atoms with van der Waals surface area (Å²) in [7, 11) is -0.836. The van der Waals surface area contributed by atoms with Gasteiger partial charge in [-0.1, -0.05) is 37.6 Å². The SMILES string of the molecule is CC(C)CS(=O)Cc1ccc(CN)cc1Cl. The monoisotopic (exact) mass is 259 g/mol. The molecule has 0 fully saturated rings. The van der Waals surface area contributed by atoms with Crippen LogP contribution < -0.4 is 5.73 Å². The standard InChI is InChI=1S/C12H18ClNOS/c1-9(2)7-16(15)8-11-4-3-10(6-14)5-12(11)13/h3-5,9H,6-8,14H2,1-2H3. The van der Waals surface area contributed by atoms with E-state index in [-0.39, 0.29) is 0 Å². The third-order valence-corrected chi connectivity index (χ3v) is 4.21.